The lowest BCUT2D eigenvalue weighted by Crippen LogP contribution is -2.26. The number of phenols is 1. The first kappa shape index (κ1) is 14.1. The lowest BCUT2D eigenvalue weighted by atomic mass is 9.70. The molecule has 0 amide bonds. The van der Waals surface area contributed by atoms with Crippen molar-refractivity contribution in [3.63, 3.8) is 0 Å². The van der Waals surface area contributed by atoms with Crippen molar-refractivity contribution in [2.75, 3.05) is 0 Å². The molecule has 0 bridgehead atoms. The van der Waals surface area contributed by atoms with E-state index in [2.05, 4.69) is 26.8 Å². The molecule has 96 valence electrons. The fourth-order valence-corrected chi connectivity index (χ4v) is 3.14. The van der Waals surface area contributed by atoms with Crippen LogP contribution in [0.25, 0.3) is 0 Å². The van der Waals surface area contributed by atoms with Gasteiger partial charge in [0, 0.05) is 5.56 Å². The number of hydrogen-bond acceptors (Lipinski definition) is 1. The van der Waals surface area contributed by atoms with Crippen LogP contribution >= 0.6 is 0 Å². The molecule has 0 spiro atoms. The van der Waals surface area contributed by atoms with Crippen LogP contribution in [0.3, 0.4) is 0 Å². The topological polar surface area (TPSA) is 20.2 Å². The van der Waals surface area contributed by atoms with Gasteiger partial charge in [-0.1, -0.05) is 58.2 Å². The quantitative estimate of drug-likeness (QED) is 0.701. The van der Waals surface area contributed by atoms with Crippen LogP contribution in [0, 0.1) is 0 Å². The average molecular weight is 234 g/mol. The van der Waals surface area contributed by atoms with Crippen molar-refractivity contribution in [2.45, 2.75) is 64.7 Å². The monoisotopic (exact) mass is 234 g/mol. The Hall–Kier alpha value is -0.980. The molecular formula is C16H26O. The van der Waals surface area contributed by atoms with Gasteiger partial charge in [-0.15, -0.1) is 0 Å². The standard InChI is InChI=1S/C16H26O/c1-4-11-16(12-5-2,13-6-3)14-9-7-8-10-15(14)17/h7-10,17H,4-6,11-13H2,1-3H3. The van der Waals surface area contributed by atoms with Gasteiger partial charge in [0.25, 0.3) is 0 Å². The minimum absolute atomic E-state index is 0.184. The first-order valence-corrected chi connectivity index (χ1v) is 6.98. The normalized spacial score (nSPS) is 11.7. The van der Waals surface area contributed by atoms with Crippen LogP contribution in [-0.2, 0) is 5.41 Å². The van der Waals surface area contributed by atoms with Gasteiger partial charge in [0.05, 0.1) is 0 Å². The molecule has 1 N–H and O–H groups in total. The SMILES string of the molecule is CCCC(CCC)(CCC)c1ccccc1O. The van der Waals surface area contributed by atoms with Crippen molar-refractivity contribution in [1.29, 1.82) is 0 Å². The lowest BCUT2D eigenvalue weighted by Gasteiger charge is -2.34. The van der Waals surface area contributed by atoms with E-state index in [0.717, 1.165) is 5.56 Å². The smallest absolute Gasteiger partial charge is 0.119 e. The molecule has 0 aromatic heterocycles. The number of para-hydroxylation sites is 1. The first-order valence-electron chi connectivity index (χ1n) is 6.98. The van der Waals surface area contributed by atoms with Crippen molar-refractivity contribution < 1.29 is 5.11 Å². The van der Waals surface area contributed by atoms with E-state index in [1.165, 1.54) is 38.5 Å². The van der Waals surface area contributed by atoms with Gasteiger partial charge in [-0.3, -0.25) is 0 Å². The van der Waals surface area contributed by atoms with Crippen LogP contribution in [0.1, 0.15) is 64.9 Å². The van der Waals surface area contributed by atoms with Crippen LogP contribution < -0.4 is 0 Å². The molecule has 1 rings (SSSR count). The van der Waals surface area contributed by atoms with E-state index in [1.54, 1.807) is 0 Å². The summed E-state index contributed by atoms with van der Waals surface area (Å²) >= 11 is 0. The predicted octanol–water partition coefficient (Wildman–Crippen LogP) is 5.03. The largest absolute Gasteiger partial charge is 0.508 e. The highest BCUT2D eigenvalue weighted by molar-refractivity contribution is 5.38. The second-order valence-electron chi connectivity index (χ2n) is 5.05. The van der Waals surface area contributed by atoms with E-state index < -0.39 is 0 Å². The van der Waals surface area contributed by atoms with Crippen LogP contribution in [-0.4, -0.2) is 5.11 Å². The van der Waals surface area contributed by atoms with Gasteiger partial charge in [0.2, 0.25) is 0 Å². The third-order valence-corrected chi connectivity index (χ3v) is 3.66. The molecule has 0 aliphatic heterocycles. The number of rotatable bonds is 7. The fourth-order valence-electron chi connectivity index (χ4n) is 3.14. The molecule has 1 nitrogen and oxygen atoms in total. The molecule has 0 aliphatic carbocycles. The average Bonchev–Trinajstić information content (AvgIpc) is 2.30. The summed E-state index contributed by atoms with van der Waals surface area (Å²) in [6.45, 7) is 6.71. The zero-order valence-electron chi connectivity index (χ0n) is 11.5. The van der Waals surface area contributed by atoms with Crippen LogP contribution in [0.2, 0.25) is 0 Å². The number of benzene rings is 1. The maximum absolute atomic E-state index is 10.1. The zero-order chi connectivity index (χ0) is 12.7. The van der Waals surface area contributed by atoms with E-state index in [9.17, 15) is 5.11 Å². The van der Waals surface area contributed by atoms with Gasteiger partial charge >= 0.3 is 0 Å². The molecule has 0 heterocycles. The third-order valence-electron chi connectivity index (χ3n) is 3.66. The molecule has 0 aliphatic rings. The Morgan fingerprint density at radius 3 is 1.76 bits per heavy atom. The third kappa shape index (κ3) is 3.24. The summed E-state index contributed by atoms with van der Waals surface area (Å²) in [6.07, 6.45) is 7.04. The molecule has 0 atom stereocenters. The van der Waals surface area contributed by atoms with Crippen molar-refractivity contribution in [2.24, 2.45) is 0 Å². The van der Waals surface area contributed by atoms with E-state index in [0.29, 0.717) is 5.75 Å². The van der Waals surface area contributed by atoms with Crippen molar-refractivity contribution in [3.05, 3.63) is 29.8 Å². The number of phenolic OH excluding ortho intramolecular Hbond substituents is 1. The first-order chi connectivity index (χ1) is 8.20. The van der Waals surface area contributed by atoms with Gasteiger partial charge in [-0.25, -0.2) is 0 Å². The Kier molecular flexibility index (Phi) is 5.54. The maximum atomic E-state index is 10.1. The predicted molar refractivity (Wildman–Crippen MR) is 74.5 cm³/mol. The van der Waals surface area contributed by atoms with Crippen LogP contribution in [0.15, 0.2) is 24.3 Å². The Bertz CT molecular complexity index is 313. The van der Waals surface area contributed by atoms with Crippen molar-refractivity contribution >= 4 is 0 Å². The molecule has 0 unspecified atom stereocenters. The van der Waals surface area contributed by atoms with Crippen LogP contribution in [0.5, 0.6) is 5.75 Å². The maximum Gasteiger partial charge on any atom is 0.119 e. The summed E-state index contributed by atoms with van der Waals surface area (Å²) in [5.41, 5.74) is 1.34. The van der Waals surface area contributed by atoms with Gasteiger partial charge in [0.1, 0.15) is 5.75 Å². The summed E-state index contributed by atoms with van der Waals surface area (Å²) in [4.78, 5) is 0. The highest BCUT2D eigenvalue weighted by Gasteiger charge is 2.31. The molecule has 17 heavy (non-hydrogen) atoms. The minimum Gasteiger partial charge on any atom is -0.508 e. The molecule has 0 saturated carbocycles. The Morgan fingerprint density at radius 1 is 0.882 bits per heavy atom. The number of aromatic hydroxyl groups is 1. The van der Waals surface area contributed by atoms with E-state index in [4.69, 9.17) is 0 Å². The van der Waals surface area contributed by atoms with Crippen LogP contribution in [0.4, 0.5) is 0 Å². The summed E-state index contributed by atoms with van der Waals surface area (Å²) in [6, 6.07) is 7.89. The van der Waals surface area contributed by atoms with E-state index in [-0.39, 0.29) is 5.41 Å². The highest BCUT2D eigenvalue weighted by Crippen LogP contribution is 2.42. The molecule has 0 radical (unpaired) electrons. The second-order valence-corrected chi connectivity index (χ2v) is 5.05. The molecular weight excluding hydrogens is 208 g/mol. The summed E-state index contributed by atoms with van der Waals surface area (Å²) < 4.78 is 0. The van der Waals surface area contributed by atoms with Gasteiger partial charge in [0.15, 0.2) is 0 Å². The highest BCUT2D eigenvalue weighted by atomic mass is 16.3. The number of hydrogen-bond donors (Lipinski definition) is 1. The van der Waals surface area contributed by atoms with E-state index >= 15 is 0 Å². The van der Waals surface area contributed by atoms with Crippen molar-refractivity contribution in [1.82, 2.24) is 0 Å². The fraction of sp³-hybridized carbons (Fsp3) is 0.625. The zero-order valence-corrected chi connectivity index (χ0v) is 11.5. The molecule has 1 heteroatoms. The Labute approximate surface area is 106 Å². The van der Waals surface area contributed by atoms with Gasteiger partial charge in [-0.05, 0) is 30.7 Å². The van der Waals surface area contributed by atoms with Crippen molar-refractivity contribution in [3.8, 4) is 5.75 Å². The summed E-state index contributed by atoms with van der Waals surface area (Å²) in [5.74, 6) is 0.475. The van der Waals surface area contributed by atoms with Gasteiger partial charge in [-0.2, -0.15) is 0 Å². The van der Waals surface area contributed by atoms with Gasteiger partial charge < -0.3 is 5.11 Å². The summed E-state index contributed by atoms with van der Waals surface area (Å²) in [5, 5.41) is 10.1. The second kappa shape index (κ2) is 6.68. The lowest BCUT2D eigenvalue weighted by molar-refractivity contribution is 0.313. The Balaban J connectivity index is 3.14. The molecule has 1 aromatic carbocycles. The molecule has 0 saturated heterocycles. The minimum atomic E-state index is 0.184. The van der Waals surface area contributed by atoms with E-state index in [1.807, 2.05) is 18.2 Å². The Morgan fingerprint density at radius 2 is 1.35 bits per heavy atom. The molecule has 1 aromatic rings. The molecule has 0 fully saturated rings. The summed E-state index contributed by atoms with van der Waals surface area (Å²) in [7, 11) is 0.